The highest BCUT2D eigenvalue weighted by Crippen LogP contribution is 2.31. The molecule has 2 fully saturated rings. The summed E-state index contributed by atoms with van der Waals surface area (Å²) in [6, 6.07) is 9.29. The van der Waals surface area contributed by atoms with Gasteiger partial charge in [0, 0.05) is 37.4 Å². The highest BCUT2D eigenvalue weighted by Gasteiger charge is 2.34. The fourth-order valence-corrected chi connectivity index (χ4v) is 4.50. The molecule has 12 heteroatoms. The number of benzene rings is 1. The minimum absolute atomic E-state index is 0.0115. The minimum atomic E-state index is -2.91. The van der Waals surface area contributed by atoms with Crippen LogP contribution in [0.1, 0.15) is 6.42 Å². The number of ether oxygens (including phenoxy) is 3. The van der Waals surface area contributed by atoms with Crippen molar-refractivity contribution in [3.8, 4) is 11.6 Å². The van der Waals surface area contributed by atoms with E-state index in [9.17, 15) is 18.0 Å². The lowest BCUT2D eigenvalue weighted by Crippen LogP contribution is -2.39. The first-order valence-corrected chi connectivity index (χ1v) is 11.4. The van der Waals surface area contributed by atoms with Gasteiger partial charge in [-0.05, 0) is 36.8 Å². The number of rotatable bonds is 8. The lowest BCUT2D eigenvalue weighted by molar-refractivity contribution is -0.0498. The normalized spacial score (nSPS) is 19.9. The van der Waals surface area contributed by atoms with Gasteiger partial charge in [0.05, 0.1) is 25.4 Å². The maximum Gasteiger partial charge on any atom is 0.414 e. The molecule has 2 aliphatic rings. The molecule has 190 valence electrons. The summed E-state index contributed by atoms with van der Waals surface area (Å²) in [5.41, 5.74) is 1.94. The molecule has 9 nitrogen and oxygen atoms in total. The minimum Gasteiger partial charge on any atom is -0.481 e. The van der Waals surface area contributed by atoms with Crippen LogP contribution in [0.3, 0.4) is 0 Å². The molecule has 0 saturated carbocycles. The Morgan fingerprint density at radius 1 is 1.19 bits per heavy atom. The summed E-state index contributed by atoms with van der Waals surface area (Å²) in [6.45, 7) is -1.02. The zero-order valence-electron chi connectivity index (χ0n) is 19.4. The van der Waals surface area contributed by atoms with Gasteiger partial charge in [0.15, 0.2) is 5.82 Å². The number of hydrogen-bond donors (Lipinski definition) is 1. The average molecular weight is 503 g/mol. The first kappa shape index (κ1) is 23.9. The van der Waals surface area contributed by atoms with Gasteiger partial charge in [-0.25, -0.2) is 14.2 Å². The molecule has 4 heterocycles. The van der Waals surface area contributed by atoms with Crippen LogP contribution < -0.4 is 24.6 Å². The van der Waals surface area contributed by atoms with Crippen LogP contribution >= 0.6 is 0 Å². The molecule has 2 unspecified atom stereocenters. The molecular weight excluding hydrogens is 479 g/mol. The molecule has 0 aliphatic carbocycles. The van der Waals surface area contributed by atoms with Gasteiger partial charge in [0.2, 0.25) is 5.88 Å². The third-order valence-electron chi connectivity index (χ3n) is 6.21. The second-order valence-electron chi connectivity index (χ2n) is 8.50. The molecular formula is C24H24F3N5O4. The smallest absolute Gasteiger partial charge is 0.414 e. The predicted molar refractivity (Wildman–Crippen MR) is 125 cm³/mol. The first-order chi connectivity index (χ1) is 17.4. The van der Waals surface area contributed by atoms with Crippen molar-refractivity contribution < 1.29 is 32.2 Å². The molecule has 1 amide bonds. The van der Waals surface area contributed by atoms with E-state index in [2.05, 4.69) is 20.0 Å². The van der Waals surface area contributed by atoms with E-state index in [0.717, 1.165) is 6.42 Å². The maximum atomic E-state index is 14.8. The Morgan fingerprint density at radius 3 is 2.75 bits per heavy atom. The van der Waals surface area contributed by atoms with Crippen LogP contribution in [-0.2, 0) is 4.74 Å². The summed E-state index contributed by atoms with van der Waals surface area (Å²) < 4.78 is 54.5. The van der Waals surface area contributed by atoms with E-state index in [1.807, 2.05) is 4.90 Å². The van der Waals surface area contributed by atoms with Crippen molar-refractivity contribution in [2.75, 3.05) is 43.1 Å². The lowest BCUT2D eigenvalue weighted by Gasteiger charge is -2.21. The molecule has 1 aromatic carbocycles. The van der Waals surface area contributed by atoms with E-state index in [0.29, 0.717) is 54.5 Å². The number of carbonyl (C=O) groups excluding carboxylic acids is 1. The van der Waals surface area contributed by atoms with E-state index in [4.69, 9.17) is 9.47 Å². The predicted octanol–water partition coefficient (Wildman–Crippen LogP) is 3.57. The van der Waals surface area contributed by atoms with Crippen LogP contribution in [0.15, 0.2) is 42.6 Å². The van der Waals surface area contributed by atoms with Gasteiger partial charge in [-0.15, -0.1) is 0 Å². The van der Waals surface area contributed by atoms with Crippen LogP contribution in [0.4, 0.5) is 29.3 Å². The molecule has 36 heavy (non-hydrogen) atoms. The largest absolute Gasteiger partial charge is 0.481 e. The Kier molecular flexibility index (Phi) is 6.68. The van der Waals surface area contributed by atoms with Gasteiger partial charge < -0.3 is 24.4 Å². The van der Waals surface area contributed by atoms with Crippen LogP contribution in [0.5, 0.6) is 11.6 Å². The van der Waals surface area contributed by atoms with E-state index < -0.39 is 24.6 Å². The summed E-state index contributed by atoms with van der Waals surface area (Å²) in [5.74, 6) is -0.0552. The number of pyridine rings is 2. The number of fused-ring (bicyclic) bond motifs is 1. The summed E-state index contributed by atoms with van der Waals surface area (Å²) >= 11 is 0. The number of anilines is 2. The quantitative estimate of drug-likeness (QED) is 0.499. The summed E-state index contributed by atoms with van der Waals surface area (Å²) in [4.78, 5) is 24.2. The Hall–Kier alpha value is -3.80. The molecule has 0 bridgehead atoms. The van der Waals surface area contributed by atoms with Crippen molar-refractivity contribution in [2.45, 2.75) is 25.2 Å². The van der Waals surface area contributed by atoms with Gasteiger partial charge >= 0.3 is 12.7 Å². The summed E-state index contributed by atoms with van der Waals surface area (Å²) in [6.07, 6.45) is 1.06. The standard InChI is InChI=1S/C24H24F3N5O4/c1-34-20-7-6-19-21(30-20)22(18(25)11-29-19)31-9-8-14(12-31)28-10-17-13-32(24(33)36-17)15-2-4-16(5-3-15)35-23(26)27/h2-7,11,14,17,23,28H,8-10,12-13H2,1H3. The van der Waals surface area contributed by atoms with E-state index in [1.165, 1.54) is 42.5 Å². The van der Waals surface area contributed by atoms with Crippen molar-refractivity contribution in [2.24, 2.45) is 0 Å². The zero-order valence-corrected chi connectivity index (χ0v) is 19.4. The van der Waals surface area contributed by atoms with Crippen molar-refractivity contribution in [3.63, 3.8) is 0 Å². The number of hydrogen-bond acceptors (Lipinski definition) is 8. The van der Waals surface area contributed by atoms with E-state index >= 15 is 0 Å². The highest BCUT2D eigenvalue weighted by molar-refractivity contribution is 5.90. The lowest BCUT2D eigenvalue weighted by atomic mass is 10.2. The number of alkyl halides is 2. The number of aromatic nitrogens is 2. The topological polar surface area (TPSA) is 89.1 Å². The number of carbonyl (C=O) groups is 1. The van der Waals surface area contributed by atoms with Crippen molar-refractivity contribution in [3.05, 3.63) is 48.4 Å². The van der Waals surface area contributed by atoms with Crippen LogP contribution in [0.25, 0.3) is 11.0 Å². The Balaban J connectivity index is 1.19. The zero-order chi connectivity index (χ0) is 25.2. The van der Waals surface area contributed by atoms with Crippen LogP contribution in [-0.4, -0.2) is 68.1 Å². The van der Waals surface area contributed by atoms with E-state index in [-0.39, 0.29) is 11.8 Å². The SMILES string of the molecule is COc1ccc2ncc(F)c(N3CCC(NCC4CN(c5ccc(OC(F)F)cc5)C(=O)O4)C3)c2n1. The van der Waals surface area contributed by atoms with Crippen molar-refractivity contribution >= 4 is 28.5 Å². The monoisotopic (exact) mass is 503 g/mol. The fraction of sp³-hybridized carbons (Fsp3) is 0.375. The third-order valence-corrected chi connectivity index (χ3v) is 6.21. The molecule has 3 aromatic rings. The molecule has 2 atom stereocenters. The molecule has 1 N–H and O–H groups in total. The van der Waals surface area contributed by atoms with Gasteiger partial charge in [0.1, 0.15) is 23.1 Å². The maximum absolute atomic E-state index is 14.8. The summed E-state index contributed by atoms with van der Waals surface area (Å²) in [7, 11) is 1.50. The number of halogens is 3. The Labute approximate surface area is 204 Å². The molecule has 2 aliphatic heterocycles. The van der Waals surface area contributed by atoms with Gasteiger partial charge in [-0.2, -0.15) is 8.78 Å². The van der Waals surface area contributed by atoms with Gasteiger partial charge in [-0.3, -0.25) is 9.88 Å². The third kappa shape index (κ3) is 4.94. The summed E-state index contributed by atoms with van der Waals surface area (Å²) in [5, 5.41) is 3.40. The van der Waals surface area contributed by atoms with Crippen LogP contribution in [0, 0.1) is 5.82 Å². The van der Waals surface area contributed by atoms with Gasteiger partial charge in [0.25, 0.3) is 0 Å². The van der Waals surface area contributed by atoms with Crippen LogP contribution in [0.2, 0.25) is 0 Å². The Morgan fingerprint density at radius 2 is 2.00 bits per heavy atom. The van der Waals surface area contributed by atoms with Crippen molar-refractivity contribution in [1.29, 1.82) is 0 Å². The van der Waals surface area contributed by atoms with Gasteiger partial charge in [-0.1, -0.05) is 0 Å². The molecule has 0 radical (unpaired) electrons. The highest BCUT2D eigenvalue weighted by atomic mass is 19.3. The number of cyclic esters (lactones) is 1. The molecule has 5 rings (SSSR count). The molecule has 2 saturated heterocycles. The van der Waals surface area contributed by atoms with Crippen molar-refractivity contribution in [1.82, 2.24) is 15.3 Å². The second-order valence-corrected chi connectivity index (χ2v) is 8.50. The number of nitrogens with zero attached hydrogens (tertiary/aromatic N) is 4. The number of nitrogens with one attached hydrogen (secondary N) is 1. The number of methoxy groups -OCH3 is 1. The first-order valence-electron chi connectivity index (χ1n) is 11.4. The second kappa shape index (κ2) is 10.1. The average Bonchev–Trinajstić information content (AvgIpc) is 3.48. The Bertz CT molecular complexity index is 1250. The molecule has 0 spiro atoms. The van der Waals surface area contributed by atoms with E-state index in [1.54, 1.807) is 12.1 Å². The fourth-order valence-electron chi connectivity index (χ4n) is 4.50. The number of amides is 1. The molecule has 2 aromatic heterocycles.